The molecular weight excluding hydrogens is 384 g/mol. The van der Waals surface area contributed by atoms with Gasteiger partial charge in [-0.1, -0.05) is 18.5 Å². The number of hydrogen-bond donors (Lipinski definition) is 4. The van der Waals surface area contributed by atoms with Crippen LogP contribution in [0, 0.1) is 5.21 Å². The average Bonchev–Trinajstić information content (AvgIpc) is 2.43. The van der Waals surface area contributed by atoms with Gasteiger partial charge in [0.05, 0.1) is 0 Å². The number of alkyl halides is 6. The number of urea groups is 1. The van der Waals surface area contributed by atoms with Crippen LogP contribution in [0.3, 0.4) is 0 Å². The van der Waals surface area contributed by atoms with Crippen molar-refractivity contribution in [3.63, 3.8) is 0 Å². The minimum Gasteiger partial charge on any atom is -0.595 e. The summed E-state index contributed by atoms with van der Waals surface area (Å²) in [6.45, 7) is 0.603. The Morgan fingerprint density at radius 2 is 1.76 bits per heavy atom. The molecule has 4 N–H and O–H groups in total. The van der Waals surface area contributed by atoms with Gasteiger partial charge in [0.1, 0.15) is 5.69 Å². The van der Waals surface area contributed by atoms with Crippen LogP contribution in [0.2, 0.25) is 5.02 Å². The smallest absolute Gasteiger partial charge is 0.420 e. The molecule has 2 amide bonds. The molecule has 1 aromatic carbocycles. The molecule has 1 atom stereocenters. The molecule has 6 nitrogen and oxygen atoms in total. The number of carbonyl (C=O) groups is 1. The zero-order valence-electron chi connectivity index (χ0n) is 12.3. The van der Waals surface area contributed by atoms with Crippen molar-refractivity contribution in [2.45, 2.75) is 31.2 Å². The Hall–Kier alpha value is -1.76. The van der Waals surface area contributed by atoms with Crippen LogP contribution in [0.4, 0.5) is 42.5 Å². The first-order chi connectivity index (χ1) is 11.2. The van der Waals surface area contributed by atoms with E-state index in [9.17, 15) is 36.3 Å². The molecule has 0 aromatic heterocycles. The minimum atomic E-state index is -5.83. The predicted molar refractivity (Wildman–Crippen MR) is 74.5 cm³/mol. The summed E-state index contributed by atoms with van der Waals surface area (Å²) in [7, 11) is 0. The maximum Gasteiger partial charge on any atom is 0.420 e. The third-order valence-electron chi connectivity index (χ3n) is 3.29. The quantitative estimate of drug-likeness (QED) is 0.466. The van der Waals surface area contributed by atoms with E-state index in [1.54, 1.807) is 5.32 Å². The molecule has 0 saturated carbocycles. The number of nitrogens with one attached hydrogen (secondary N) is 3. The van der Waals surface area contributed by atoms with E-state index in [0.717, 1.165) is 23.5 Å². The molecule has 0 saturated heterocycles. The second-order valence-corrected chi connectivity index (χ2v) is 5.27. The fourth-order valence-electron chi connectivity index (χ4n) is 1.94. The van der Waals surface area contributed by atoms with Gasteiger partial charge < -0.3 is 15.8 Å². The highest BCUT2D eigenvalue weighted by molar-refractivity contribution is 6.31. The Bertz CT molecular complexity index is 622. The summed E-state index contributed by atoms with van der Waals surface area (Å²) < 4.78 is 77.7. The van der Waals surface area contributed by atoms with Crippen molar-refractivity contribution in [2.24, 2.45) is 0 Å². The summed E-state index contributed by atoms with van der Waals surface area (Å²) in [5.41, 5.74) is -5.62. The molecule has 0 aliphatic rings. The first-order valence-electron chi connectivity index (χ1n) is 6.50. The highest BCUT2D eigenvalue weighted by Gasteiger charge is 2.70. The van der Waals surface area contributed by atoms with Crippen LogP contribution >= 0.6 is 11.6 Å². The van der Waals surface area contributed by atoms with Crippen molar-refractivity contribution in [1.82, 2.24) is 5.32 Å². The predicted octanol–water partition coefficient (Wildman–Crippen LogP) is 3.14. The topological polar surface area (TPSA) is 88.9 Å². The first kappa shape index (κ1) is 21.3. The summed E-state index contributed by atoms with van der Waals surface area (Å²) in [6.07, 6.45) is -13.2. The number of halogens is 7. The molecule has 0 radical (unpaired) electrons. The van der Waals surface area contributed by atoms with Crippen LogP contribution in [-0.4, -0.2) is 29.1 Å². The molecule has 1 aromatic rings. The van der Waals surface area contributed by atoms with Crippen molar-refractivity contribution < 1.29 is 41.6 Å². The zero-order valence-corrected chi connectivity index (χ0v) is 13.1. The number of hydrogen-bond acceptors (Lipinski definition) is 3. The second-order valence-electron chi connectivity index (χ2n) is 4.83. The van der Waals surface area contributed by atoms with Gasteiger partial charge in [0.25, 0.3) is 0 Å². The van der Waals surface area contributed by atoms with E-state index < -0.39 is 46.9 Å². The van der Waals surface area contributed by atoms with Crippen molar-refractivity contribution in [3.8, 4) is 0 Å². The van der Waals surface area contributed by atoms with E-state index in [2.05, 4.69) is 0 Å². The van der Waals surface area contributed by atoms with Crippen LogP contribution in [0.1, 0.15) is 13.3 Å². The van der Waals surface area contributed by atoms with Crippen molar-refractivity contribution in [2.75, 3.05) is 5.32 Å². The number of rotatable bonds is 4. The van der Waals surface area contributed by atoms with Gasteiger partial charge in [0, 0.05) is 11.1 Å². The van der Waals surface area contributed by atoms with Gasteiger partial charge in [-0.25, -0.2) is 10.0 Å². The third kappa shape index (κ3) is 4.45. The van der Waals surface area contributed by atoms with E-state index >= 15 is 0 Å². The Kier molecular flexibility index (Phi) is 6.16. The molecule has 25 heavy (non-hydrogen) atoms. The van der Waals surface area contributed by atoms with E-state index in [1.807, 2.05) is 0 Å². The van der Waals surface area contributed by atoms with Gasteiger partial charge >= 0.3 is 18.4 Å². The lowest BCUT2D eigenvalue weighted by atomic mass is 9.94. The highest BCUT2D eigenvalue weighted by Crippen LogP contribution is 2.45. The lowest BCUT2D eigenvalue weighted by Gasteiger charge is -2.37. The second kappa shape index (κ2) is 7.23. The van der Waals surface area contributed by atoms with E-state index in [1.165, 1.54) is 0 Å². The Labute approximate surface area is 141 Å². The fraction of sp³-hybridized carbons (Fsp3) is 0.417. The Balaban J connectivity index is 3.17. The molecule has 1 rings (SSSR count). The molecule has 1 unspecified atom stereocenters. The van der Waals surface area contributed by atoms with Gasteiger partial charge in [0.15, 0.2) is 5.69 Å². The lowest BCUT2D eigenvalue weighted by molar-refractivity contribution is -0.990. The summed E-state index contributed by atoms with van der Waals surface area (Å²) >= 11 is 5.56. The minimum absolute atomic E-state index is 0.0585. The number of anilines is 1. The SMILES string of the molecule is CCC(NC(=O)Nc1ccc(Cl)cc1[NH+]([O-])O)(C(F)(F)F)C(F)(F)F. The van der Waals surface area contributed by atoms with Gasteiger partial charge in [-0.3, -0.25) is 0 Å². The largest absolute Gasteiger partial charge is 0.595 e. The summed E-state index contributed by atoms with van der Waals surface area (Å²) in [4.78, 5) is 11.7. The molecular formula is C12H12ClF6N3O3. The molecule has 0 spiro atoms. The van der Waals surface area contributed by atoms with Gasteiger partial charge in [-0.15, -0.1) is 0 Å². The summed E-state index contributed by atoms with van der Waals surface area (Å²) in [6, 6.07) is 1.03. The Morgan fingerprint density at radius 3 is 2.16 bits per heavy atom. The molecule has 13 heteroatoms. The zero-order chi connectivity index (χ0) is 19.6. The van der Waals surface area contributed by atoms with Crippen molar-refractivity contribution >= 4 is 29.0 Å². The average molecular weight is 396 g/mol. The molecule has 0 fully saturated rings. The van der Waals surface area contributed by atoms with Crippen molar-refractivity contribution in [3.05, 3.63) is 28.4 Å². The highest BCUT2D eigenvalue weighted by atomic mass is 35.5. The van der Waals surface area contributed by atoms with Crippen LogP contribution in [-0.2, 0) is 0 Å². The van der Waals surface area contributed by atoms with Gasteiger partial charge in [0.2, 0.25) is 5.54 Å². The Morgan fingerprint density at radius 1 is 1.24 bits per heavy atom. The first-order valence-corrected chi connectivity index (χ1v) is 6.88. The number of quaternary nitrogens is 1. The molecule has 0 aliphatic carbocycles. The molecule has 142 valence electrons. The monoisotopic (exact) mass is 395 g/mol. The van der Waals surface area contributed by atoms with E-state index in [0.29, 0.717) is 6.92 Å². The fourth-order valence-corrected chi connectivity index (χ4v) is 2.11. The standard InChI is InChI=1S/C12H12ClF6N3O3/c1-2-10(11(14,15)16,12(17,18)19)21-9(23)20-7-4-3-6(13)5-8(7)22(24)25/h3-5,22,24H,2H2,1H3,(H2,20,21,23). The van der Waals surface area contributed by atoms with Crippen LogP contribution < -0.4 is 15.9 Å². The van der Waals surface area contributed by atoms with Crippen LogP contribution in [0.25, 0.3) is 0 Å². The van der Waals surface area contributed by atoms with Crippen LogP contribution in [0.5, 0.6) is 0 Å². The van der Waals surface area contributed by atoms with E-state index in [4.69, 9.17) is 16.8 Å². The van der Waals surface area contributed by atoms with Crippen LogP contribution in [0.15, 0.2) is 18.2 Å². The van der Waals surface area contributed by atoms with Gasteiger partial charge in [-0.05, 0) is 18.6 Å². The summed E-state index contributed by atoms with van der Waals surface area (Å²) in [5, 5.41) is 20.9. The summed E-state index contributed by atoms with van der Waals surface area (Å²) in [5.74, 6) is 0. The molecule has 0 aliphatic heterocycles. The number of amides is 2. The van der Waals surface area contributed by atoms with E-state index in [-0.39, 0.29) is 5.02 Å². The van der Waals surface area contributed by atoms with Gasteiger partial charge in [-0.2, -0.15) is 31.6 Å². The maximum absolute atomic E-state index is 13.0. The normalized spacial score (nSPS) is 14.2. The van der Waals surface area contributed by atoms with Crippen molar-refractivity contribution in [1.29, 1.82) is 0 Å². The molecule has 0 bridgehead atoms. The third-order valence-corrected chi connectivity index (χ3v) is 3.52. The maximum atomic E-state index is 13.0. The number of carbonyl (C=O) groups excluding carboxylic acids is 1. The molecule has 0 heterocycles. The number of benzene rings is 1. The lowest BCUT2D eigenvalue weighted by Crippen LogP contribution is -2.99.